The molecular weight excluding hydrogens is 206 g/mol. The molecule has 0 spiro atoms. The summed E-state index contributed by atoms with van der Waals surface area (Å²) in [6.45, 7) is 3.64. The highest BCUT2D eigenvalue weighted by molar-refractivity contribution is 7.08. The summed E-state index contributed by atoms with van der Waals surface area (Å²) in [5, 5.41) is 6.61. The predicted molar refractivity (Wildman–Crippen MR) is 57.4 cm³/mol. The van der Waals surface area contributed by atoms with E-state index in [0.717, 1.165) is 5.69 Å². The molecule has 1 aromatic rings. The first kappa shape index (κ1) is 10.5. The van der Waals surface area contributed by atoms with Crippen molar-refractivity contribution in [3.05, 3.63) is 16.8 Å². The number of halogens is 1. The molecule has 0 aromatic carbocycles. The molecule has 0 radical (unpaired) electrons. The van der Waals surface area contributed by atoms with Crippen LogP contribution in [0.1, 0.15) is 13.8 Å². The molecule has 1 N–H and O–H groups in total. The Kier molecular flexibility index (Phi) is 3.33. The van der Waals surface area contributed by atoms with Crippen LogP contribution >= 0.6 is 22.9 Å². The zero-order valence-corrected chi connectivity index (χ0v) is 9.21. The third-order valence-electron chi connectivity index (χ3n) is 1.73. The van der Waals surface area contributed by atoms with Gasteiger partial charge in [-0.05, 0) is 25.3 Å². The Bertz CT molecular complexity index is 282. The number of amides is 1. The standard InChI is InChI=1S/C9H12ClNOS/c1-9(2,6-10)8(12)11-7-3-4-13-5-7/h3-5H,6H2,1-2H3,(H,11,12). The molecule has 0 atom stereocenters. The van der Waals surface area contributed by atoms with Crippen molar-refractivity contribution in [2.45, 2.75) is 13.8 Å². The van der Waals surface area contributed by atoms with Gasteiger partial charge in [0.1, 0.15) is 0 Å². The van der Waals surface area contributed by atoms with Crippen molar-refractivity contribution in [1.82, 2.24) is 0 Å². The summed E-state index contributed by atoms with van der Waals surface area (Å²) in [5.74, 6) is 0.282. The Morgan fingerprint density at radius 1 is 1.69 bits per heavy atom. The van der Waals surface area contributed by atoms with E-state index in [1.807, 2.05) is 30.7 Å². The first-order chi connectivity index (χ1) is 6.06. The van der Waals surface area contributed by atoms with E-state index in [2.05, 4.69) is 5.32 Å². The minimum Gasteiger partial charge on any atom is -0.325 e. The summed E-state index contributed by atoms with van der Waals surface area (Å²) in [6, 6.07) is 1.87. The molecule has 2 nitrogen and oxygen atoms in total. The summed E-state index contributed by atoms with van der Waals surface area (Å²) >= 11 is 7.22. The van der Waals surface area contributed by atoms with Crippen molar-refractivity contribution >= 4 is 34.5 Å². The van der Waals surface area contributed by atoms with E-state index in [1.165, 1.54) is 0 Å². The molecule has 0 saturated carbocycles. The molecular formula is C9H12ClNOS. The number of alkyl halides is 1. The van der Waals surface area contributed by atoms with Gasteiger partial charge in [-0.15, -0.1) is 11.6 Å². The van der Waals surface area contributed by atoms with E-state index in [-0.39, 0.29) is 5.91 Å². The maximum absolute atomic E-state index is 11.6. The monoisotopic (exact) mass is 217 g/mol. The van der Waals surface area contributed by atoms with Crippen LogP contribution < -0.4 is 5.32 Å². The summed E-state index contributed by atoms with van der Waals surface area (Å²) in [7, 11) is 0. The molecule has 1 heterocycles. The van der Waals surface area contributed by atoms with Crippen molar-refractivity contribution in [2.24, 2.45) is 5.41 Å². The topological polar surface area (TPSA) is 29.1 Å². The average molecular weight is 218 g/mol. The number of nitrogens with one attached hydrogen (secondary N) is 1. The van der Waals surface area contributed by atoms with Gasteiger partial charge in [0.05, 0.1) is 11.1 Å². The molecule has 0 aliphatic rings. The van der Waals surface area contributed by atoms with Gasteiger partial charge in [0.15, 0.2) is 0 Å². The van der Waals surface area contributed by atoms with Crippen LogP contribution in [0.15, 0.2) is 16.8 Å². The maximum Gasteiger partial charge on any atom is 0.231 e. The number of anilines is 1. The third-order valence-corrected chi connectivity index (χ3v) is 3.08. The minimum atomic E-state index is -0.510. The smallest absolute Gasteiger partial charge is 0.231 e. The molecule has 72 valence electrons. The normalized spacial score (nSPS) is 11.3. The van der Waals surface area contributed by atoms with Crippen molar-refractivity contribution in [2.75, 3.05) is 11.2 Å². The van der Waals surface area contributed by atoms with E-state index in [9.17, 15) is 4.79 Å². The lowest BCUT2D eigenvalue weighted by Crippen LogP contribution is -2.32. The van der Waals surface area contributed by atoms with Crippen LogP contribution in [0, 0.1) is 5.41 Å². The second-order valence-corrected chi connectivity index (χ2v) is 4.53. The van der Waals surface area contributed by atoms with E-state index < -0.39 is 5.41 Å². The van der Waals surface area contributed by atoms with Crippen LogP contribution in [0.2, 0.25) is 0 Å². The third kappa shape index (κ3) is 2.71. The number of carbonyl (C=O) groups excluding carboxylic acids is 1. The van der Waals surface area contributed by atoms with E-state index in [1.54, 1.807) is 11.3 Å². The number of thiophene rings is 1. The molecule has 1 amide bonds. The second-order valence-electron chi connectivity index (χ2n) is 3.48. The first-order valence-electron chi connectivity index (χ1n) is 3.96. The zero-order chi connectivity index (χ0) is 9.90. The Labute approximate surface area is 86.9 Å². The number of carbonyl (C=O) groups is 1. The molecule has 13 heavy (non-hydrogen) atoms. The number of hydrogen-bond acceptors (Lipinski definition) is 2. The van der Waals surface area contributed by atoms with Gasteiger partial charge in [0, 0.05) is 11.3 Å². The van der Waals surface area contributed by atoms with Gasteiger partial charge in [0.2, 0.25) is 5.91 Å². The fourth-order valence-electron chi connectivity index (χ4n) is 0.697. The van der Waals surface area contributed by atoms with Crippen LogP contribution in [0.25, 0.3) is 0 Å². The maximum atomic E-state index is 11.6. The summed E-state index contributed by atoms with van der Waals surface area (Å²) in [4.78, 5) is 11.6. The van der Waals surface area contributed by atoms with E-state index >= 15 is 0 Å². The molecule has 0 aliphatic heterocycles. The van der Waals surface area contributed by atoms with Crippen molar-refractivity contribution in [1.29, 1.82) is 0 Å². The molecule has 1 aromatic heterocycles. The van der Waals surface area contributed by atoms with Gasteiger partial charge in [0.25, 0.3) is 0 Å². The van der Waals surface area contributed by atoms with E-state index in [0.29, 0.717) is 5.88 Å². The fourth-order valence-corrected chi connectivity index (χ4v) is 1.41. The van der Waals surface area contributed by atoms with Gasteiger partial charge < -0.3 is 5.32 Å². The van der Waals surface area contributed by atoms with Crippen molar-refractivity contribution in [3.63, 3.8) is 0 Å². The number of hydrogen-bond donors (Lipinski definition) is 1. The molecule has 1 rings (SSSR count). The summed E-state index contributed by atoms with van der Waals surface area (Å²) in [6.07, 6.45) is 0. The lowest BCUT2D eigenvalue weighted by atomic mass is 9.95. The molecule has 4 heteroatoms. The minimum absolute atomic E-state index is 0.0408. The molecule has 0 unspecified atom stereocenters. The number of rotatable bonds is 3. The Morgan fingerprint density at radius 2 is 2.38 bits per heavy atom. The Morgan fingerprint density at radius 3 is 2.85 bits per heavy atom. The zero-order valence-electron chi connectivity index (χ0n) is 7.63. The predicted octanol–water partition coefficient (Wildman–Crippen LogP) is 2.95. The van der Waals surface area contributed by atoms with Crippen LogP contribution in [0.3, 0.4) is 0 Å². The lowest BCUT2D eigenvalue weighted by molar-refractivity contribution is -0.122. The Balaban J connectivity index is 2.61. The second kappa shape index (κ2) is 4.11. The molecule has 0 bridgehead atoms. The van der Waals surface area contributed by atoms with Crippen molar-refractivity contribution in [3.8, 4) is 0 Å². The molecule has 0 aliphatic carbocycles. The highest BCUT2D eigenvalue weighted by Gasteiger charge is 2.26. The van der Waals surface area contributed by atoms with Crippen LogP contribution in [0.5, 0.6) is 0 Å². The van der Waals surface area contributed by atoms with Crippen LogP contribution in [-0.2, 0) is 4.79 Å². The lowest BCUT2D eigenvalue weighted by Gasteiger charge is -2.19. The van der Waals surface area contributed by atoms with Crippen molar-refractivity contribution < 1.29 is 4.79 Å². The van der Waals surface area contributed by atoms with Gasteiger partial charge >= 0.3 is 0 Å². The quantitative estimate of drug-likeness (QED) is 0.775. The van der Waals surface area contributed by atoms with Crippen LogP contribution in [-0.4, -0.2) is 11.8 Å². The Hall–Kier alpha value is -0.540. The average Bonchev–Trinajstić information content (AvgIpc) is 2.57. The van der Waals surface area contributed by atoms with E-state index in [4.69, 9.17) is 11.6 Å². The SMILES string of the molecule is CC(C)(CCl)C(=O)Nc1ccsc1. The fraction of sp³-hybridized carbons (Fsp3) is 0.444. The molecule has 0 fully saturated rings. The molecule has 0 saturated heterocycles. The highest BCUT2D eigenvalue weighted by atomic mass is 35.5. The summed E-state index contributed by atoms with van der Waals surface area (Å²) < 4.78 is 0. The van der Waals surface area contributed by atoms with Gasteiger partial charge in [-0.2, -0.15) is 11.3 Å². The first-order valence-corrected chi connectivity index (χ1v) is 5.43. The largest absolute Gasteiger partial charge is 0.325 e. The van der Waals surface area contributed by atoms with Crippen LogP contribution in [0.4, 0.5) is 5.69 Å². The highest BCUT2D eigenvalue weighted by Crippen LogP contribution is 2.21. The van der Waals surface area contributed by atoms with Gasteiger partial charge in [-0.3, -0.25) is 4.79 Å². The summed E-state index contributed by atoms with van der Waals surface area (Å²) in [5.41, 5.74) is 0.330. The van der Waals surface area contributed by atoms with Gasteiger partial charge in [-0.1, -0.05) is 0 Å². The van der Waals surface area contributed by atoms with Gasteiger partial charge in [-0.25, -0.2) is 0 Å².